The van der Waals surface area contributed by atoms with E-state index >= 15 is 0 Å². The quantitative estimate of drug-likeness (QED) is 0.349. The van der Waals surface area contributed by atoms with Gasteiger partial charge >= 0.3 is 5.97 Å². The van der Waals surface area contributed by atoms with E-state index in [0.29, 0.717) is 6.54 Å². The Balaban J connectivity index is 2.44. The first-order valence-corrected chi connectivity index (χ1v) is 4.60. The van der Waals surface area contributed by atoms with Crippen molar-refractivity contribution in [2.45, 2.75) is 24.6 Å². The van der Waals surface area contributed by atoms with Crippen LogP contribution in [0.5, 0.6) is 0 Å². The first kappa shape index (κ1) is 11.9. The molecular formula is C8H14N2O5. The van der Waals surface area contributed by atoms with Crippen molar-refractivity contribution in [3.8, 4) is 0 Å². The van der Waals surface area contributed by atoms with Gasteiger partial charge in [-0.1, -0.05) is 0 Å². The summed E-state index contributed by atoms with van der Waals surface area (Å²) in [7, 11) is 0. The predicted molar refractivity (Wildman–Crippen MR) is 49.1 cm³/mol. The van der Waals surface area contributed by atoms with E-state index in [4.69, 9.17) is 15.3 Å². The summed E-state index contributed by atoms with van der Waals surface area (Å²) < 4.78 is 0. The lowest BCUT2D eigenvalue weighted by molar-refractivity contribution is -0.143. The van der Waals surface area contributed by atoms with Crippen molar-refractivity contribution in [3.05, 3.63) is 0 Å². The van der Waals surface area contributed by atoms with Crippen LogP contribution in [0.15, 0.2) is 0 Å². The van der Waals surface area contributed by atoms with Gasteiger partial charge in [-0.3, -0.25) is 4.79 Å². The Bertz CT molecular complexity index is 257. The predicted octanol–water partition coefficient (Wildman–Crippen LogP) is -2.73. The van der Waals surface area contributed by atoms with E-state index in [1.165, 1.54) is 0 Å². The summed E-state index contributed by atoms with van der Waals surface area (Å²) in [5.74, 6) is -1.81. The second-order valence-electron chi connectivity index (χ2n) is 3.43. The summed E-state index contributed by atoms with van der Waals surface area (Å²) in [5, 5.41) is 31.3. The minimum atomic E-state index is -1.29. The fourth-order valence-electron chi connectivity index (χ4n) is 1.37. The Morgan fingerprint density at radius 1 is 1.53 bits per heavy atom. The molecule has 0 radical (unpaired) electrons. The summed E-state index contributed by atoms with van der Waals surface area (Å²) in [5.41, 5.74) is 0. The zero-order valence-corrected chi connectivity index (χ0v) is 8.01. The van der Waals surface area contributed by atoms with Gasteiger partial charge in [-0.25, -0.2) is 4.79 Å². The molecule has 1 fully saturated rings. The highest BCUT2D eigenvalue weighted by Gasteiger charge is 2.30. The summed E-state index contributed by atoms with van der Waals surface area (Å²) in [6.07, 6.45) is -0.331. The molecule has 5 N–H and O–H groups in total. The Hall–Kier alpha value is -1.18. The smallest absolute Gasteiger partial charge is 0.328 e. The molecule has 0 saturated carbocycles. The van der Waals surface area contributed by atoms with Crippen LogP contribution in [0.4, 0.5) is 0 Å². The van der Waals surface area contributed by atoms with Gasteiger partial charge in [0.05, 0.1) is 18.8 Å². The Kier molecular flexibility index (Phi) is 4.01. The second-order valence-corrected chi connectivity index (χ2v) is 3.43. The number of rotatable bonds is 4. The molecule has 7 heteroatoms. The van der Waals surface area contributed by atoms with E-state index < -0.39 is 36.7 Å². The van der Waals surface area contributed by atoms with E-state index in [2.05, 4.69) is 10.6 Å². The van der Waals surface area contributed by atoms with Crippen LogP contribution >= 0.6 is 0 Å². The van der Waals surface area contributed by atoms with Crippen molar-refractivity contribution >= 4 is 11.9 Å². The topological polar surface area (TPSA) is 119 Å². The van der Waals surface area contributed by atoms with E-state index in [0.717, 1.165) is 0 Å². The number of β-amino-alcohol motifs (C(OH)–C–C–N with tert-alkyl or cyclic N) is 1. The highest BCUT2D eigenvalue weighted by Crippen LogP contribution is 2.06. The number of amides is 1. The molecule has 1 aliphatic heterocycles. The number of nitrogens with one attached hydrogen (secondary N) is 2. The van der Waals surface area contributed by atoms with Crippen LogP contribution in [0.25, 0.3) is 0 Å². The van der Waals surface area contributed by atoms with Gasteiger partial charge in [0.1, 0.15) is 6.04 Å². The third-order valence-electron chi connectivity index (χ3n) is 2.22. The van der Waals surface area contributed by atoms with Crippen LogP contribution in [0, 0.1) is 0 Å². The Labute approximate surface area is 86.1 Å². The standard InChI is InChI=1S/C8H14N2O5/c11-3-6(8(14)15)10-7(13)5-1-4(12)2-9-5/h4-6,9,11-12H,1-3H2,(H,10,13)(H,14,15). The molecule has 0 aliphatic carbocycles. The van der Waals surface area contributed by atoms with Crippen LogP contribution in [0.2, 0.25) is 0 Å². The molecule has 86 valence electrons. The van der Waals surface area contributed by atoms with Gasteiger partial charge in [-0.15, -0.1) is 0 Å². The third kappa shape index (κ3) is 3.15. The molecule has 0 aromatic rings. The average molecular weight is 218 g/mol. The number of carbonyl (C=O) groups is 2. The summed E-state index contributed by atoms with van der Waals surface area (Å²) in [6.45, 7) is -0.342. The van der Waals surface area contributed by atoms with Crippen molar-refractivity contribution < 1.29 is 24.9 Å². The molecule has 1 amide bonds. The third-order valence-corrected chi connectivity index (χ3v) is 2.22. The molecule has 1 heterocycles. The van der Waals surface area contributed by atoms with Gasteiger partial charge in [0, 0.05) is 6.54 Å². The SMILES string of the molecule is O=C(O)C(CO)NC(=O)C1CC(O)CN1. The number of aliphatic hydroxyl groups is 2. The first-order valence-electron chi connectivity index (χ1n) is 4.60. The lowest BCUT2D eigenvalue weighted by atomic mass is 10.2. The van der Waals surface area contributed by atoms with Crippen LogP contribution in [0.1, 0.15) is 6.42 Å². The van der Waals surface area contributed by atoms with Crippen molar-refractivity contribution in [1.82, 2.24) is 10.6 Å². The monoisotopic (exact) mass is 218 g/mol. The number of aliphatic hydroxyl groups excluding tert-OH is 2. The van der Waals surface area contributed by atoms with Crippen LogP contribution in [0.3, 0.4) is 0 Å². The molecular weight excluding hydrogens is 204 g/mol. The minimum absolute atomic E-state index is 0.254. The Morgan fingerprint density at radius 3 is 2.60 bits per heavy atom. The molecule has 0 aromatic heterocycles. The molecule has 1 rings (SSSR count). The molecule has 0 aromatic carbocycles. The number of hydrogen-bond donors (Lipinski definition) is 5. The molecule has 1 saturated heterocycles. The molecule has 7 nitrogen and oxygen atoms in total. The minimum Gasteiger partial charge on any atom is -0.480 e. The maximum Gasteiger partial charge on any atom is 0.328 e. The van der Waals surface area contributed by atoms with Gasteiger partial charge < -0.3 is 26.0 Å². The van der Waals surface area contributed by atoms with Crippen molar-refractivity contribution in [3.63, 3.8) is 0 Å². The van der Waals surface area contributed by atoms with Crippen LogP contribution in [-0.2, 0) is 9.59 Å². The van der Waals surface area contributed by atoms with E-state index in [-0.39, 0.29) is 6.42 Å². The molecule has 1 aliphatic rings. The fraction of sp³-hybridized carbons (Fsp3) is 0.750. The summed E-state index contributed by atoms with van der Waals surface area (Å²) >= 11 is 0. The number of carboxylic acids is 1. The molecule has 3 atom stereocenters. The highest BCUT2D eigenvalue weighted by atomic mass is 16.4. The fourth-order valence-corrected chi connectivity index (χ4v) is 1.37. The maximum atomic E-state index is 11.4. The number of aliphatic carboxylic acids is 1. The zero-order valence-electron chi connectivity index (χ0n) is 8.01. The number of carbonyl (C=O) groups excluding carboxylic acids is 1. The highest BCUT2D eigenvalue weighted by molar-refractivity contribution is 5.87. The second kappa shape index (κ2) is 5.06. The first-order chi connectivity index (χ1) is 7.04. The summed E-state index contributed by atoms with van der Waals surface area (Å²) in [4.78, 5) is 21.9. The van der Waals surface area contributed by atoms with E-state index in [9.17, 15) is 9.59 Å². The van der Waals surface area contributed by atoms with Crippen LogP contribution < -0.4 is 10.6 Å². The molecule has 3 unspecified atom stereocenters. The Morgan fingerprint density at radius 2 is 2.20 bits per heavy atom. The lowest BCUT2D eigenvalue weighted by Gasteiger charge is -2.15. The molecule has 0 bridgehead atoms. The lowest BCUT2D eigenvalue weighted by Crippen LogP contribution is -2.49. The normalized spacial score (nSPS) is 27.3. The van der Waals surface area contributed by atoms with Gasteiger partial charge in [0.25, 0.3) is 0 Å². The van der Waals surface area contributed by atoms with Crippen molar-refractivity contribution in [2.24, 2.45) is 0 Å². The van der Waals surface area contributed by atoms with E-state index in [1.54, 1.807) is 0 Å². The van der Waals surface area contributed by atoms with Gasteiger partial charge in [-0.05, 0) is 6.42 Å². The van der Waals surface area contributed by atoms with Crippen molar-refractivity contribution in [2.75, 3.05) is 13.2 Å². The summed E-state index contributed by atoms with van der Waals surface area (Å²) in [6, 6.07) is -1.88. The molecule has 15 heavy (non-hydrogen) atoms. The average Bonchev–Trinajstić information content (AvgIpc) is 2.60. The molecule has 0 spiro atoms. The number of hydrogen-bond acceptors (Lipinski definition) is 5. The zero-order chi connectivity index (χ0) is 11.4. The van der Waals surface area contributed by atoms with Crippen molar-refractivity contribution in [1.29, 1.82) is 0 Å². The van der Waals surface area contributed by atoms with Gasteiger partial charge in [0.2, 0.25) is 5.91 Å². The van der Waals surface area contributed by atoms with Gasteiger partial charge in [-0.2, -0.15) is 0 Å². The maximum absolute atomic E-state index is 11.4. The van der Waals surface area contributed by atoms with Crippen LogP contribution in [-0.4, -0.2) is 58.5 Å². The largest absolute Gasteiger partial charge is 0.480 e. The van der Waals surface area contributed by atoms with E-state index in [1.807, 2.05) is 0 Å². The van der Waals surface area contributed by atoms with Gasteiger partial charge in [0.15, 0.2) is 0 Å². The number of carboxylic acid groups (broad SMARTS) is 1.